The van der Waals surface area contributed by atoms with E-state index in [1.54, 1.807) is 48.5 Å². The molecule has 1 aliphatic heterocycles. The summed E-state index contributed by atoms with van der Waals surface area (Å²) in [6, 6.07) is 13.7. The van der Waals surface area contributed by atoms with Gasteiger partial charge >= 0.3 is 12.1 Å². The van der Waals surface area contributed by atoms with Crippen LogP contribution in [0.4, 0.5) is 13.2 Å². The molecule has 3 rings (SSSR count). The molecule has 0 aromatic heterocycles. The number of fused-ring (bicyclic) bond motifs is 2. The Morgan fingerprint density at radius 1 is 1.04 bits per heavy atom. The van der Waals surface area contributed by atoms with Gasteiger partial charge < -0.3 is 4.74 Å². The van der Waals surface area contributed by atoms with E-state index in [-0.39, 0.29) is 6.61 Å². The lowest BCUT2D eigenvalue weighted by atomic mass is 9.78. The first-order chi connectivity index (χ1) is 12.3. The van der Waals surface area contributed by atoms with Crippen LogP contribution in [0.2, 0.25) is 0 Å². The van der Waals surface area contributed by atoms with E-state index in [1.165, 1.54) is 18.7 Å². The van der Waals surface area contributed by atoms with Crippen molar-refractivity contribution in [2.45, 2.75) is 28.8 Å². The maximum absolute atomic E-state index is 13.2. The fourth-order valence-corrected chi connectivity index (χ4v) is 4.26. The van der Waals surface area contributed by atoms with Gasteiger partial charge in [0.25, 0.3) is 5.78 Å². The summed E-state index contributed by atoms with van der Waals surface area (Å²) in [6.45, 7) is 1.39. The number of hydrogen-bond acceptors (Lipinski definition) is 4. The van der Waals surface area contributed by atoms with E-state index in [1.807, 2.05) is 0 Å². The first-order valence-electron chi connectivity index (χ1n) is 7.98. The van der Waals surface area contributed by atoms with Crippen LogP contribution < -0.4 is 0 Å². The zero-order chi connectivity index (χ0) is 18.9. The van der Waals surface area contributed by atoms with Gasteiger partial charge in [0.1, 0.15) is 5.92 Å². The number of benzene rings is 2. The summed E-state index contributed by atoms with van der Waals surface area (Å²) in [7, 11) is 0. The average Bonchev–Trinajstić information content (AvgIpc) is 2.60. The Balaban J connectivity index is 2.20. The Morgan fingerprint density at radius 3 is 2.00 bits per heavy atom. The molecule has 1 atom stereocenters. The highest BCUT2D eigenvalue weighted by Crippen LogP contribution is 2.49. The minimum absolute atomic E-state index is 0.106. The number of esters is 1. The third-order valence-electron chi connectivity index (χ3n) is 4.16. The summed E-state index contributed by atoms with van der Waals surface area (Å²) >= 11 is 1.40. The van der Waals surface area contributed by atoms with Crippen LogP contribution in [0.3, 0.4) is 0 Å². The van der Waals surface area contributed by atoms with Crippen LogP contribution in [-0.4, -0.2) is 24.5 Å². The van der Waals surface area contributed by atoms with E-state index >= 15 is 0 Å². The molecule has 3 nitrogen and oxygen atoms in total. The molecule has 0 amide bonds. The molecule has 0 saturated carbocycles. The highest BCUT2D eigenvalue weighted by molar-refractivity contribution is 7.99. The zero-order valence-electron chi connectivity index (χ0n) is 13.7. The largest absolute Gasteiger partial charge is 0.465 e. The van der Waals surface area contributed by atoms with Crippen molar-refractivity contribution >= 4 is 23.5 Å². The topological polar surface area (TPSA) is 43.4 Å². The quantitative estimate of drug-likeness (QED) is 0.575. The van der Waals surface area contributed by atoms with Crippen LogP contribution in [0.5, 0.6) is 0 Å². The number of ether oxygens (including phenoxy) is 1. The van der Waals surface area contributed by atoms with Crippen molar-refractivity contribution in [3.8, 4) is 0 Å². The van der Waals surface area contributed by atoms with Gasteiger partial charge in [-0.2, -0.15) is 13.2 Å². The van der Waals surface area contributed by atoms with Crippen LogP contribution in [0.15, 0.2) is 58.3 Å². The van der Waals surface area contributed by atoms with Gasteiger partial charge in [-0.15, -0.1) is 0 Å². The van der Waals surface area contributed by atoms with Crippen molar-refractivity contribution in [1.29, 1.82) is 0 Å². The molecule has 2 aromatic rings. The standard InChI is InChI=1S/C19H15F3O3S/c1-2-25-18(24)16(17(23)19(20,21)22)15-11-7-3-5-9-13(11)26-14-10-6-4-8-12(14)15/h3-10,15-16H,2H2,1H3. The zero-order valence-corrected chi connectivity index (χ0v) is 14.6. The van der Waals surface area contributed by atoms with E-state index in [0.29, 0.717) is 11.1 Å². The van der Waals surface area contributed by atoms with Gasteiger partial charge in [-0.25, -0.2) is 0 Å². The Morgan fingerprint density at radius 2 is 1.54 bits per heavy atom. The molecule has 1 unspecified atom stereocenters. The summed E-state index contributed by atoms with van der Waals surface area (Å²) in [5.41, 5.74) is 1.04. The third kappa shape index (κ3) is 3.35. The van der Waals surface area contributed by atoms with Crippen molar-refractivity contribution in [3.63, 3.8) is 0 Å². The fraction of sp³-hybridized carbons (Fsp3) is 0.263. The fourth-order valence-electron chi connectivity index (χ4n) is 3.11. The lowest BCUT2D eigenvalue weighted by molar-refractivity contribution is -0.181. The Labute approximate surface area is 152 Å². The lowest BCUT2D eigenvalue weighted by Crippen LogP contribution is -2.41. The average molecular weight is 380 g/mol. The number of rotatable bonds is 4. The molecule has 136 valence electrons. The molecule has 1 aliphatic rings. The Bertz CT molecular complexity index is 802. The van der Waals surface area contributed by atoms with Gasteiger partial charge in [-0.3, -0.25) is 9.59 Å². The summed E-state index contributed by atoms with van der Waals surface area (Å²) < 4.78 is 44.6. The number of Topliss-reactive ketones (excluding diaryl/α,β-unsaturated/α-hetero) is 1. The molecule has 0 fully saturated rings. The van der Waals surface area contributed by atoms with Gasteiger partial charge in [0.2, 0.25) is 0 Å². The van der Waals surface area contributed by atoms with Crippen LogP contribution in [-0.2, 0) is 14.3 Å². The summed E-state index contributed by atoms with van der Waals surface area (Å²) in [5.74, 6) is -6.26. The molecule has 2 aromatic carbocycles. The van der Waals surface area contributed by atoms with Crippen LogP contribution in [0.1, 0.15) is 24.0 Å². The number of carbonyl (C=O) groups excluding carboxylic acids is 2. The van der Waals surface area contributed by atoms with Gasteiger partial charge in [0.15, 0.2) is 0 Å². The molecule has 7 heteroatoms. The summed E-state index contributed by atoms with van der Waals surface area (Å²) in [6.07, 6.45) is -5.13. The predicted molar refractivity (Wildman–Crippen MR) is 90.0 cm³/mol. The molecule has 0 spiro atoms. The van der Waals surface area contributed by atoms with E-state index in [0.717, 1.165) is 9.79 Å². The van der Waals surface area contributed by atoms with E-state index in [9.17, 15) is 22.8 Å². The number of alkyl halides is 3. The van der Waals surface area contributed by atoms with Crippen LogP contribution in [0, 0.1) is 5.92 Å². The molecular formula is C19H15F3O3S. The predicted octanol–water partition coefficient (Wildman–Crippen LogP) is 4.59. The van der Waals surface area contributed by atoms with Gasteiger partial charge in [-0.05, 0) is 30.2 Å². The van der Waals surface area contributed by atoms with E-state index in [2.05, 4.69) is 0 Å². The maximum Gasteiger partial charge on any atom is 0.450 e. The number of halogens is 3. The summed E-state index contributed by atoms with van der Waals surface area (Å²) in [5, 5.41) is 0. The normalized spacial score (nSPS) is 14.9. The van der Waals surface area contributed by atoms with Crippen molar-refractivity contribution in [3.05, 3.63) is 59.7 Å². The number of ketones is 1. The van der Waals surface area contributed by atoms with Gasteiger partial charge in [0, 0.05) is 15.7 Å². The second-order valence-corrected chi connectivity index (χ2v) is 6.83. The molecule has 0 N–H and O–H groups in total. The van der Waals surface area contributed by atoms with Crippen molar-refractivity contribution in [2.24, 2.45) is 5.92 Å². The van der Waals surface area contributed by atoms with E-state index in [4.69, 9.17) is 4.74 Å². The number of hydrogen-bond donors (Lipinski definition) is 0. The number of carbonyl (C=O) groups is 2. The van der Waals surface area contributed by atoms with Gasteiger partial charge in [-0.1, -0.05) is 48.2 Å². The lowest BCUT2D eigenvalue weighted by Gasteiger charge is -2.32. The minimum Gasteiger partial charge on any atom is -0.465 e. The molecule has 0 bridgehead atoms. The summed E-state index contributed by atoms with van der Waals surface area (Å²) in [4.78, 5) is 26.0. The van der Waals surface area contributed by atoms with E-state index < -0.39 is 29.8 Å². The highest BCUT2D eigenvalue weighted by Gasteiger charge is 2.52. The van der Waals surface area contributed by atoms with Crippen molar-refractivity contribution < 1.29 is 27.5 Å². The molecule has 1 heterocycles. The molecule has 0 radical (unpaired) electrons. The van der Waals surface area contributed by atoms with Crippen molar-refractivity contribution in [1.82, 2.24) is 0 Å². The molecule has 26 heavy (non-hydrogen) atoms. The van der Waals surface area contributed by atoms with Crippen LogP contribution in [0.25, 0.3) is 0 Å². The van der Waals surface area contributed by atoms with Crippen molar-refractivity contribution in [2.75, 3.05) is 6.61 Å². The Kier molecular flexibility index (Phi) is 5.09. The molecule has 0 saturated heterocycles. The van der Waals surface area contributed by atoms with Gasteiger partial charge in [0.05, 0.1) is 6.61 Å². The second kappa shape index (κ2) is 7.15. The smallest absolute Gasteiger partial charge is 0.450 e. The molecular weight excluding hydrogens is 365 g/mol. The highest BCUT2D eigenvalue weighted by atomic mass is 32.2. The second-order valence-electron chi connectivity index (χ2n) is 5.75. The Hall–Kier alpha value is -2.28. The monoisotopic (exact) mass is 380 g/mol. The third-order valence-corrected chi connectivity index (χ3v) is 5.35. The van der Waals surface area contributed by atoms with Crippen LogP contribution >= 0.6 is 11.8 Å². The minimum atomic E-state index is -5.13. The first-order valence-corrected chi connectivity index (χ1v) is 8.79. The maximum atomic E-state index is 13.2. The SMILES string of the molecule is CCOC(=O)C(C(=O)C(F)(F)F)C1c2ccccc2Sc2ccccc21. The first kappa shape index (κ1) is 18.5. The molecule has 0 aliphatic carbocycles.